The highest BCUT2D eigenvalue weighted by atomic mass is 16.2. The summed E-state index contributed by atoms with van der Waals surface area (Å²) < 4.78 is 0. The normalized spacial score (nSPS) is 21.8. The van der Waals surface area contributed by atoms with Crippen LogP contribution in [0.4, 0.5) is 0 Å². The van der Waals surface area contributed by atoms with Gasteiger partial charge in [-0.3, -0.25) is 24.1 Å². The summed E-state index contributed by atoms with van der Waals surface area (Å²) >= 11 is 0. The van der Waals surface area contributed by atoms with E-state index in [1.807, 2.05) is 40.7 Å². The Labute approximate surface area is 255 Å². The molecule has 0 aliphatic carbocycles. The molecule has 0 aromatic rings. The molecule has 4 atom stereocenters. The average Bonchev–Trinajstić information content (AvgIpc) is 3.42. The van der Waals surface area contributed by atoms with Crippen LogP contribution in [0.15, 0.2) is 11.6 Å². The van der Waals surface area contributed by atoms with Crippen molar-refractivity contribution in [2.45, 2.75) is 137 Å². The number of nitrogens with zero attached hydrogens (tertiary/aromatic N) is 3. The predicted octanol–water partition coefficient (Wildman–Crippen LogP) is 4.12. The number of nitrogens with one attached hydrogen (secondary N) is 2. The number of hydrogen-bond donors (Lipinski definition) is 2. The molecule has 0 bridgehead atoms. The second kappa shape index (κ2) is 15.9. The van der Waals surface area contributed by atoms with E-state index in [1.165, 1.54) is 0 Å². The van der Waals surface area contributed by atoms with Crippen LogP contribution in [0.5, 0.6) is 0 Å². The smallest absolute Gasteiger partial charge is 0.249 e. The molecule has 2 fully saturated rings. The zero-order chi connectivity index (χ0) is 31.8. The summed E-state index contributed by atoms with van der Waals surface area (Å²) in [5.74, 6) is -0.494. The van der Waals surface area contributed by atoms with Gasteiger partial charge in [-0.05, 0) is 70.8 Å². The van der Waals surface area contributed by atoms with Crippen LogP contribution in [-0.4, -0.2) is 95.2 Å². The van der Waals surface area contributed by atoms with Crippen molar-refractivity contribution in [3.8, 4) is 0 Å². The number of likely N-dealkylation sites (tertiary alicyclic amines) is 2. The Bertz CT molecular complexity index is 970. The van der Waals surface area contributed by atoms with Crippen molar-refractivity contribution in [2.75, 3.05) is 26.7 Å². The third-order valence-corrected chi connectivity index (χ3v) is 8.79. The van der Waals surface area contributed by atoms with Gasteiger partial charge in [0.2, 0.25) is 23.6 Å². The first-order valence-corrected chi connectivity index (χ1v) is 16.2. The molecule has 9 heteroatoms. The van der Waals surface area contributed by atoms with Crippen LogP contribution >= 0.6 is 0 Å². The van der Waals surface area contributed by atoms with E-state index in [-0.39, 0.29) is 47.7 Å². The van der Waals surface area contributed by atoms with E-state index >= 15 is 0 Å². The molecule has 0 aromatic carbocycles. The number of piperidine rings is 1. The van der Waals surface area contributed by atoms with Gasteiger partial charge in [0.05, 0.1) is 12.1 Å². The number of carbonyl (C=O) groups is 4. The fraction of sp³-hybridized carbons (Fsp3) is 0.818. The number of unbranched alkanes of at least 4 members (excludes halogenated alkanes) is 1. The Balaban J connectivity index is 2.23. The van der Waals surface area contributed by atoms with E-state index in [0.29, 0.717) is 25.1 Å². The number of carbonyl (C=O) groups excluding carboxylic acids is 4. The second-order valence-corrected chi connectivity index (χ2v) is 14.0. The van der Waals surface area contributed by atoms with Crippen molar-refractivity contribution >= 4 is 23.6 Å². The number of rotatable bonds is 12. The van der Waals surface area contributed by atoms with Gasteiger partial charge in [-0.2, -0.15) is 0 Å². The van der Waals surface area contributed by atoms with Crippen LogP contribution in [0, 0.1) is 11.3 Å². The predicted molar refractivity (Wildman–Crippen MR) is 169 cm³/mol. The topological polar surface area (TPSA) is 102 Å². The van der Waals surface area contributed by atoms with Gasteiger partial charge in [0.25, 0.3) is 0 Å². The summed E-state index contributed by atoms with van der Waals surface area (Å²) in [6, 6.07) is -1.52. The van der Waals surface area contributed by atoms with Gasteiger partial charge in [-0.25, -0.2) is 0 Å². The summed E-state index contributed by atoms with van der Waals surface area (Å²) in [5, 5.41) is 6.11. The minimum absolute atomic E-state index is 0.0273. The van der Waals surface area contributed by atoms with Crippen LogP contribution in [0.2, 0.25) is 0 Å². The highest BCUT2D eigenvalue weighted by molar-refractivity contribution is 5.97. The van der Waals surface area contributed by atoms with Gasteiger partial charge in [0.15, 0.2) is 0 Å². The highest BCUT2D eigenvalue weighted by Crippen LogP contribution is 2.26. The standard InChI is InChI=1S/C33H59N5O4/c1-11-12-18-34-29(39)25-17-15-20-38(25)31(41)24(6)21-27(22(2)3)36(10)32(42)28(33(7,8)9)35-30(40)26-16-13-14-19-37(26)23(4)5/h21-23,25-28H,11-20H2,1-10H3,(H,34,39)(H,35,40)/b24-21+/t25?,26-,27-,28?/m1/s1. The molecule has 0 saturated carbocycles. The molecule has 0 spiro atoms. The third-order valence-electron chi connectivity index (χ3n) is 8.79. The molecule has 2 heterocycles. The third kappa shape index (κ3) is 9.29. The number of likely N-dealkylation sites (N-methyl/N-ethyl adjacent to an activating group) is 1. The van der Waals surface area contributed by atoms with Crippen molar-refractivity contribution in [1.82, 2.24) is 25.3 Å². The fourth-order valence-electron chi connectivity index (χ4n) is 6.19. The van der Waals surface area contributed by atoms with E-state index in [9.17, 15) is 19.2 Å². The van der Waals surface area contributed by atoms with Gasteiger partial charge < -0.3 is 20.4 Å². The Morgan fingerprint density at radius 3 is 2.17 bits per heavy atom. The summed E-state index contributed by atoms with van der Waals surface area (Å²) in [6.45, 7) is 20.1. The molecule has 240 valence electrons. The van der Waals surface area contributed by atoms with Crippen LogP contribution in [0.25, 0.3) is 0 Å². The molecule has 4 amide bonds. The summed E-state index contributed by atoms with van der Waals surface area (Å²) in [7, 11) is 1.76. The van der Waals surface area contributed by atoms with Gasteiger partial charge in [0, 0.05) is 31.8 Å². The molecule has 0 aromatic heterocycles. The maximum Gasteiger partial charge on any atom is 0.249 e. The number of amides is 4. The Kier molecular flexibility index (Phi) is 13.5. The Morgan fingerprint density at radius 1 is 0.952 bits per heavy atom. The first kappa shape index (κ1) is 35.8. The molecule has 0 radical (unpaired) electrons. The van der Waals surface area contributed by atoms with E-state index in [4.69, 9.17) is 0 Å². The summed E-state index contributed by atoms with van der Waals surface area (Å²) in [5.41, 5.74) is 0.00949. The van der Waals surface area contributed by atoms with Gasteiger partial charge in [0.1, 0.15) is 12.1 Å². The van der Waals surface area contributed by atoms with Crippen molar-refractivity contribution < 1.29 is 19.2 Å². The highest BCUT2D eigenvalue weighted by Gasteiger charge is 2.40. The Morgan fingerprint density at radius 2 is 1.60 bits per heavy atom. The maximum absolute atomic E-state index is 14.1. The van der Waals surface area contributed by atoms with E-state index < -0.39 is 17.5 Å². The SMILES string of the molecule is CCCCNC(=O)C1CCCN1C(=O)/C(C)=C/[C@H](C(C)C)N(C)C(=O)C(NC(=O)[C@H]1CCCCN1C(C)C)C(C)(C)C. The van der Waals surface area contributed by atoms with Crippen LogP contribution in [0.1, 0.15) is 107 Å². The first-order chi connectivity index (χ1) is 19.6. The first-order valence-electron chi connectivity index (χ1n) is 16.2. The minimum atomic E-state index is -0.716. The fourth-order valence-corrected chi connectivity index (χ4v) is 6.19. The van der Waals surface area contributed by atoms with Crippen molar-refractivity contribution in [2.24, 2.45) is 11.3 Å². The molecule has 9 nitrogen and oxygen atoms in total. The molecule has 2 unspecified atom stereocenters. The van der Waals surface area contributed by atoms with E-state index in [2.05, 4.69) is 36.3 Å². The lowest BCUT2D eigenvalue weighted by atomic mass is 9.84. The lowest BCUT2D eigenvalue weighted by Gasteiger charge is -2.41. The van der Waals surface area contributed by atoms with Gasteiger partial charge >= 0.3 is 0 Å². The molecular weight excluding hydrogens is 530 g/mol. The molecule has 2 aliphatic rings. The average molecular weight is 590 g/mol. The molecule has 2 saturated heterocycles. The van der Waals surface area contributed by atoms with Crippen molar-refractivity contribution in [3.05, 3.63) is 11.6 Å². The zero-order valence-electron chi connectivity index (χ0n) is 28.1. The van der Waals surface area contributed by atoms with E-state index in [1.54, 1.807) is 23.8 Å². The summed E-state index contributed by atoms with van der Waals surface area (Å²) in [4.78, 5) is 59.6. The lowest BCUT2D eigenvalue weighted by molar-refractivity contribution is -0.142. The zero-order valence-corrected chi connectivity index (χ0v) is 28.1. The number of hydrogen-bond acceptors (Lipinski definition) is 5. The molecule has 42 heavy (non-hydrogen) atoms. The molecule has 2 aliphatic heterocycles. The van der Waals surface area contributed by atoms with Crippen LogP contribution in [0.3, 0.4) is 0 Å². The van der Waals surface area contributed by atoms with Gasteiger partial charge in [-0.1, -0.05) is 60.5 Å². The molecular formula is C33H59N5O4. The van der Waals surface area contributed by atoms with Crippen molar-refractivity contribution in [3.63, 3.8) is 0 Å². The molecule has 2 N–H and O–H groups in total. The second-order valence-electron chi connectivity index (χ2n) is 14.0. The minimum Gasteiger partial charge on any atom is -0.354 e. The molecule has 2 rings (SSSR count). The van der Waals surface area contributed by atoms with Crippen LogP contribution in [-0.2, 0) is 19.2 Å². The lowest BCUT2D eigenvalue weighted by Crippen LogP contribution is -2.60. The summed E-state index contributed by atoms with van der Waals surface area (Å²) in [6.07, 6.45) is 8.08. The Hall–Kier alpha value is -2.42. The van der Waals surface area contributed by atoms with Gasteiger partial charge in [-0.15, -0.1) is 0 Å². The monoisotopic (exact) mass is 589 g/mol. The maximum atomic E-state index is 14.1. The van der Waals surface area contributed by atoms with Crippen LogP contribution < -0.4 is 10.6 Å². The van der Waals surface area contributed by atoms with E-state index in [0.717, 1.165) is 45.1 Å². The largest absolute Gasteiger partial charge is 0.354 e. The van der Waals surface area contributed by atoms with Crippen molar-refractivity contribution in [1.29, 1.82) is 0 Å². The quantitative estimate of drug-likeness (QED) is 0.264.